The summed E-state index contributed by atoms with van der Waals surface area (Å²) < 4.78 is 0. The number of carbonyl (C=O) groups excluding carboxylic acids is 1. The Morgan fingerprint density at radius 3 is 2.79 bits per heavy atom. The van der Waals surface area contributed by atoms with E-state index < -0.39 is 0 Å². The van der Waals surface area contributed by atoms with Gasteiger partial charge in [-0.2, -0.15) is 0 Å². The first-order valence-electron chi connectivity index (χ1n) is 4.15. The van der Waals surface area contributed by atoms with Gasteiger partial charge in [-0.15, -0.1) is 17.0 Å². The van der Waals surface area contributed by atoms with Crippen molar-refractivity contribution in [1.82, 2.24) is 0 Å². The molecule has 0 atom stereocenters. The number of anilines is 1. The van der Waals surface area contributed by atoms with E-state index in [1.54, 1.807) is 0 Å². The lowest BCUT2D eigenvalue weighted by atomic mass is 10.1. The van der Waals surface area contributed by atoms with Crippen molar-refractivity contribution in [1.29, 1.82) is 0 Å². The molecule has 0 fully saturated rings. The van der Waals surface area contributed by atoms with Gasteiger partial charge in [0.2, 0.25) is 5.91 Å². The number of aryl methyl sites for hydroxylation is 1. The molecule has 1 aromatic carbocycles. The van der Waals surface area contributed by atoms with E-state index in [0.717, 1.165) is 17.4 Å². The molecule has 1 N–H and O–H groups in total. The molecule has 0 spiro atoms. The molecule has 0 unspecified atom stereocenters. The third kappa shape index (κ3) is 4.77. The van der Waals surface area contributed by atoms with Crippen LogP contribution in [0.25, 0.3) is 0 Å². The van der Waals surface area contributed by atoms with Crippen LogP contribution in [-0.2, 0) is 11.2 Å². The molecule has 0 bridgehead atoms. The zero-order valence-corrected chi connectivity index (χ0v) is 11.2. The van der Waals surface area contributed by atoms with Gasteiger partial charge in [-0.1, -0.05) is 28.1 Å². The van der Waals surface area contributed by atoms with Crippen LogP contribution in [0.2, 0.25) is 0 Å². The fourth-order valence-corrected chi connectivity index (χ4v) is 1.57. The third-order valence-corrected chi connectivity index (χ3v) is 2.03. The van der Waals surface area contributed by atoms with Crippen molar-refractivity contribution in [3.63, 3.8) is 0 Å². The Balaban J connectivity index is 0.00000169. The largest absolute Gasteiger partial charge is 0.326 e. The van der Waals surface area contributed by atoms with Gasteiger partial charge in [0.05, 0.1) is 0 Å². The molecule has 0 radical (unpaired) electrons. The second kappa shape index (κ2) is 7.01. The summed E-state index contributed by atoms with van der Waals surface area (Å²) in [5.74, 6) is -0.0315. The Hall–Kier alpha value is -0.350. The van der Waals surface area contributed by atoms with E-state index in [-0.39, 0.29) is 22.9 Å². The Morgan fingerprint density at radius 1 is 1.50 bits per heavy atom. The SMILES string of the molecule is Br.CC(=O)Nc1cccc(CCBr)c1. The van der Waals surface area contributed by atoms with Crippen LogP contribution < -0.4 is 5.32 Å². The Morgan fingerprint density at radius 2 is 2.21 bits per heavy atom. The van der Waals surface area contributed by atoms with Gasteiger partial charge in [-0.05, 0) is 24.1 Å². The Bertz CT molecular complexity index is 302. The Kier molecular flexibility index (Phi) is 6.83. The number of alkyl halides is 1. The Labute approximate surface area is 103 Å². The van der Waals surface area contributed by atoms with E-state index in [2.05, 4.69) is 21.2 Å². The van der Waals surface area contributed by atoms with Crippen molar-refractivity contribution in [2.45, 2.75) is 13.3 Å². The highest BCUT2D eigenvalue weighted by Gasteiger charge is 1.96. The van der Waals surface area contributed by atoms with Gasteiger partial charge in [0, 0.05) is 17.9 Å². The summed E-state index contributed by atoms with van der Waals surface area (Å²) in [6.07, 6.45) is 0.980. The normalized spacial score (nSPS) is 9.00. The van der Waals surface area contributed by atoms with Crippen LogP contribution >= 0.6 is 32.9 Å². The lowest BCUT2D eigenvalue weighted by Gasteiger charge is -2.03. The fraction of sp³-hybridized carbons (Fsp3) is 0.300. The van der Waals surface area contributed by atoms with E-state index in [0.29, 0.717) is 0 Å². The zero-order chi connectivity index (χ0) is 9.68. The molecule has 0 aliphatic heterocycles. The molecule has 78 valence electrons. The van der Waals surface area contributed by atoms with Crippen molar-refractivity contribution in [2.24, 2.45) is 0 Å². The molecule has 1 aromatic rings. The first-order valence-corrected chi connectivity index (χ1v) is 5.27. The predicted octanol–water partition coefficient (Wildman–Crippen LogP) is 3.16. The van der Waals surface area contributed by atoms with Gasteiger partial charge >= 0.3 is 0 Å². The zero-order valence-electron chi connectivity index (χ0n) is 7.92. The quantitative estimate of drug-likeness (QED) is 0.851. The lowest BCUT2D eigenvalue weighted by molar-refractivity contribution is -0.114. The summed E-state index contributed by atoms with van der Waals surface area (Å²) in [6, 6.07) is 7.87. The van der Waals surface area contributed by atoms with E-state index >= 15 is 0 Å². The van der Waals surface area contributed by atoms with E-state index in [1.807, 2.05) is 24.3 Å². The molecule has 1 amide bonds. The monoisotopic (exact) mass is 321 g/mol. The molecule has 0 saturated heterocycles. The van der Waals surface area contributed by atoms with E-state index in [4.69, 9.17) is 0 Å². The first-order chi connectivity index (χ1) is 6.22. The van der Waals surface area contributed by atoms with Crippen LogP contribution in [0.5, 0.6) is 0 Å². The number of hydrogen-bond donors (Lipinski definition) is 1. The molecular formula is C10H13Br2NO. The topological polar surface area (TPSA) is 29.1 Å². The second-order valence-electron chi connectivity index (χ2n) is 2.82. The van der Waals surface area contributed by atoms with Crippen molar-refractivity contribution in [3.8, 4) is 0 Å². The van der Waals surface area contributed by atoms with Crippen molar-refractivity contribution in [2.75, 3.05) is 10.6 Å². The summed E-state index contributed by atoms with van der Waals surface area (Å²) in [4.78, 5) is 10.8. The van der Waals surface area contributed by atoms with E-state index in [1.165, 1.54) is 12.5 Å². The molecule has 1 rings (SSSR count). The van der Waals surface area contributed by atoms with Crippen molar-refractivity contribution >= 4 is 44.5 Å². The number of rotatable bonds is 3. The van der Waals surface area contributed by atoms with Crippen molar-refractivity contribution < 1.29 is 4.79 Å². The summed E-state index contributed by atoms with van der Waals surface area (Å²) in [7, 11) is 0. The smallest absolute Gasteiger partial charge is 0.221 e. The summed E-state index contributed by atoms with van der Waals surface area (Å²) in [5.41, 5.74) is 2.09. The average molecular weight is 323 g/mol. The number of benzene rings is 1. The molecule has 0 aromatic heterocycles. The highest BCUT2D eigenvalue weighted by molar-refractivity contribution is 9.09. The summed E-state index contributed by atoms with van der Waals surface area (Å²) in [5, 5.41) is 3.69. The van der Waals surface area contributed by atoms with Gasteiger partial charge in [0.15, 0.2) is 0 Å². The molecule has 0 aliphatic rings. The molecule has 14 heavy (non-hydrogen) atoms. The van der Waals surface area contributed by atoms with Gasteiger partial charge in [-0.25, -0.2) is 0 Å². The number of carbonyl (C=O) groups is 1. The number of hydrogen-bond acceptors (Lipinski definition) is 1. The highest BCUT2D eigenvalue weighted by atomic mass is 79.9. The number of halogens is 2. The van der Waals surface area contributed by atoms with Crippen LogP contribution in [0.15, 0.2) is 24.3 Å². The lowest BCUT2D eigenvalue weighted by Crippen LogP contribution is -2.05. The molecule has 0 aliphatic carbocycles. The predicted molar refractivity (Wildman–Crippen MR) is 68.6 cm³/mol. The minimum atomic E-state index is -0.0315. The number of amides is 1. The molecule has 2 nitrogen and oxygen atoms in total. The first kappa shape index (κ1) is 13.7. The average Bonchev–Trinajstić information content (AvgIpc) is 2.04. The van der Waals surface area contributed by atoms with Gasteiger partial charge in [-0.3, -0.25) is 4.79 Å². The fourth-order valence-electron chi connectivity index (χ4n) is 1.12. The minimum absolute atomic E-state index is 0. The molecule has 0 saturated carbocycles. The minimum Gasteiger partial charge on any atom is -0.326 e. The van der Waals surface area contributed by atoms with Gasteiger partial charge in [0.1, 0.15) is 0 Å². The van der Waals surface area contributed by atoms with E-state index in [9.17, 15) is 4.79 Å². The maximum absolute atomic E-state index is 10.8. The van der Waals surface area contributed by atoms with Crippen LogP contribution in [0, 0.1) is 0 Å². The molecule has 0 heterocycles. The maximum atomic E-state index is 10.8. The van der Waals surface area contributed by atoms with Gasteiger partial charge in [0.25, 0.3) is 0 Å². The summed E-state index contributed by atoms with van der Waals surface area (Å²) >= 11 is 3.37. The van der Waals surface area contributed by atoms with Crippen molar-refractivity contribution in [3.05, 3.63) is 29.8 Å². The summed E-state index contributed by atoms with van der Waals surface area (Å²) in [6.45, 7) is 1.51. The number of nitrogens with one attached hydrogen (secondary N) is 1. The second-order valence-corrected chi connectivity index (χ2v) is 3.61. The highest BCUT2D eigenvalue weighted by Crippen LogP contribution is 2.11. The van der Waals surface area contributed by atoms with Crippen LogP contribution in [0.4, 0.5) is 5.69 Å². The molecular weight excluding hydrogens is 310 g/mol. The van der Waals surface area contributed by atoms with Crippen LogP contribution in [0.3, 0.4) is 0 Å². The van der Waals surface area contributed by atoms with Crippen LogP contribution in [-0.4, -0.2) is 11.2 Å². The maximum Gasteiger partial charge on any atom is 0.221 e. The van der Waals surface area contributed by atoms with Crippen LogP contribution in [0.1, 0.15) is 12.5 Å². The third-order valence-electron chi connectivity index (χ3n) is 1.63. The standard InChI is InChI=1S/C10H12BrNO.BrH/c1-8(13)12-10-4-2-3-9(7-10)5-6-11;/h2-4,7H,5-6H2,1H3,(H,12,13);1H. The van der Waals surface area contributed by atoms with Gasteiger partial charge < -0.3 is 5.32 Å². The molecule has 4 heteroatoms.